The van der Waals surface area contributed by atoms with E-state index in [1.165, 1.54) is 0 Å². The molecule has 0 spiro atoms. The van der Waals surface area contributed by atoms with Crippen LogP contribution in [0.5, 0.6) is 0 Å². The fourth-order valence-electron chi connectivity index (χ4n) is 1.59. The number of esters is 2. The molecular weight excluding hydrogens is 371 g/mol. The Morgan fingerprint density at radius 2 is 1.95 bits per heavy atom. The van der Waals surface area contributed by atoms with Crippen molar-refractivity contribution in [1.29, 1.82) is 0 Å². The van der Waals surface area contributed by atoms with Gasteiger partial charge in [-0.25, -0.2) is 4.79 Å². The number of ether oxygens (including phenoxy) is 2. The van der Waals surface area contributed by atoms with Crippen LogP contribution >= 0.6 is 22.6 Å². The first kappa shape index (κ1) is 17.3. The summed E-state index contributed by atoms with van der Waals surface area (Å²) in [6, 6.07) is 0. The SMILES string of the molecule is CCOC(=O)[C@@H](C#CC(=O)OC(C)(C)C)CC1(I)CC1. The second-order valence-electron chi connectivity index (χ2n) is 5.93. The fourth-order valence-corrected chi connectivity index (χ4v) is 2.30. The van der Waals surface area contributed by atoms with Crippen molar-refractivity contribution in [2.75, 3.05) is 6.61 Å². The molecule has 1 rings (SSSR count). The normalized spacial score (nSPS) is 17.4. The molecule has 0 heterocycles. The van der Waals surface area contributed by atoms with Gasteiger partial charge in [-0.3, -0.25) is 4.79 Å². The molecule has 0 aromatic carbocycles. The Kier molecular flexibility index (Phi) is 5.87. The third kappa shape index (κ3) is 6.60. The van der Waals surface area contributed by atoms with Gasteiger partial charge in [0.2, 0.25) is 0 Å². The minimum atomic E-state index is -0.606. The highest BCUT2D eigenvalue weighted by atomic mass is 127. The van der Waals surface area contributed by atoms with Crippen LogP contribution in [0.2, 0.25) is 0 Å². The van der Waals surface area contributed by atoms with E-state index in [-0.39, 0.29) is 9.39 Å². The van der Waals surface area contributed by atoms with Crippen LogP contribution < -0.4 is 0 Å². The van der Waals surface area contributed by atoms with Crippen molar-refractivity contribution in [3.63, 3.8) is 0 Å². The Morgan fingerprint density at radius 1 is 1.35 bits per heavy atom. The van der Waals surface area contributed by atoms with E-state index in [0.717, 1.165) is 12.8 Å². The van der Waals surface area contributed by atoms with Crippen molar-refractivity contribution in [2.45, 2.75) is 56.0 Å². The van der Waals surface area contributed by atoms with Crippen LogP contribution in [0.25, 0.3) is 0 Å². The predicted molar refractivity (Wildman–Crippen MR) is 84.3 cm³/mol. The molecule has 1 atom stereocenters. The number of hydrogen-bond acceptors (Lipinski definition) is 4. The van der Waals surface area contributed by atoms with Gasteiger partial charge in [-0.1, -0.05) is 28.5 Å². The topological polar surface area (TPSA) is 52.6 Å². The summed E-state index contributed by atoms with van der Waals surface area (Å²) in [5.41, 5.74) is -0.577. The van der Waals surface area contributed by atoms with Crippen molar-refractivity contribution >= 4 is 34.5 Å². The average molecular weight is 392 g/mol. The minimum absolute atomic E-state index is 0.137. The molecule has 0 aromatic heterocycles. The lowest BCUT2D eigenvalue weighted by Crippen LogP contribution is -2.24. The Labute approximate surface area is 134 Å². The lowest BCUT2D eigenvalue weighted by atomic mass is 10.0. The molecule has 0 aliphatic heterocycles. The molecule has 0 bridgehead atoms. The van der Waals surface area contributed by atoms with Crippen LogP contribution in [-0.4, -0.2) is 27.6 Å². The molecule has 112 valence electrons. The van der Waals surface area contributed by atoms with E-state index in [1.54, 1.807) is 27.7 Å². The summed E-state index contributed by atoms with van der Waals surface area (Å²) in [5, 5.41) is 0. The highest BCUT2D eigenvalue weighted by molar-refractivity contribution is 14.1. The zero-order valence-electron chi connectivity index (χ0n) is 12.4. The number of carbonyl (C=O) groups excluding carboxylic acids is 2. The maximum atomic E-state index is 11.9. The number of hydrogen-bond donors (Lipinski definition) is 0. The monoisotopic (exact) mass is 392 g/mol. The van der Waals surface area contributed by atoms with Gasteiger partial charge in [0, 0.05) is 9.34 Å². The van der Waals surface area contributed by atoms with Crippen molar-refractivity contribution in [1.82, 2.24) is 0 Å². The van der Waals surface area contributed by atoms with Crippen LogP contribution in [0, 0.1) is 17.8 Å². The molecule has 4 nitrogen and oxygen atoms in total. The van der Waals surface area contributed by atoms with Gasteiger partial charge in [-0.2, -0.15) is 0 Å². The van der Waals surface area contributed by atoms with Crippen molar-refractivity contribution in [2.24, 2.45) is 5.92 Å². The third-order valence-electron chi connectivity index (χ3n) is 2.68. The third-order valence-corrected chi connectivity index (χ3v) is 4.20. The molecule has 0 aromatic rings. The number of halogens is 1. The van der Waals surface area contributed by atoms with Crippen LogP contribution in [0.4, 0.5) is 0 Å². The number of rotatable bonds is 4. The zero-order valence-corrected chi connectivity index (χ0v) is 14.6. The summed E-state index contributed by atoms with van der Waals surface area (Å²) >= 11 is 2.35. The summed E-state index contributed by atoms with van der Waals surface area (Å²) in [7, 11) is 0. The van der Waals surface area contributed by atoms with Gasteiger partial charge in [0.25, 0.3) is 0 Å². The largest absolute Gasteiger partial charge is 0.465 e. The lowest BCUT2D eigenvalue weighted by Gasteiger charge is -2.17. The second kappa shape index (κ2) is 6.79. The number of carbonyl (C=O) groups is 2. The van der Waals surface area contributed by atoms with Crippen LogP contribution in [0.1, 0.15) is 47.0 Å². The summed E-state index contributed by atoms with van der Waals surface area (Å²) < 4.78 is 10.3. The quantitative estimate of drug-likeness (QED) is 0.243. The Hall–Kier alpha value is -0.770. The lowest BCUT2D eigenvalue weighted by molar-refractivity contribution is -0.147. The molecule has 20 heavy (non-hydrogen) atoms. The first-order valence-corrected chi connectivity index (χ1v) is 7.83. The predicted octanol–water partition coefficient (Wildman–Crippen LogP) is 2.87. The molecule has 5 heteroatoms. The number of alkyl halides is 1. The van der Waals surface area contributed by atoms with Gasteiger partial charge in [-0.15, -0.1) is 0 Å². The van der Waals surface area contributed by atoms with Gasteiger partial charge in [0.1, 0.15) is 11.5 Å². The molecule has 0 radical (unpaired) electrons. The highest BCUT2D eigenvalue weighted by Crippen LogP contribution is 2.49. The van der Waals surface area contributed by atoms with Crippen LogP contribution in [-0.2, 0) is 19.1 Å². The smallest absolute Gasteiger partial charge is 0.384 e. The summed E-state index contributed by atoms with van der Waals surface area (Å²) in [4.78, 5) is 23.4. The summed E-state index contributed by atoms with van der Waals surface area (Å²) in [5.74, 6) is 3.62. The molecule has 0 amide bonds. The van der Waals surface area contributed by atoms with Crippen LogP contribution in [0.3, 0.4) is 0 Å². The molecule has 0 saturated heterocycles. The van der Waals surface area contributed by atoms with Gasteiger partial charge in [-0.05, 0) is 47.0 Å². The standard InChI is InChI=1S/C15H21IO4/c1-5-19-13(18)11(10-15(16)8-9-15)6-7-12(17)20-14(2,3)4/h11H,5,8-10H2,1-4H3/t11-/m0/s1. The van der Waals surface area contributed by atoms with Gasteiger partial charge in [0.15, 0.2) is 0 Å². The molecule has 1 fully saturated rings. The Balaban J connectivity index is 2.69. The van der Waals surface area contributed by atoms with E-state index in [1.807, 2.05) is 0 Å². The molecule has 0 N–H and O–H groups in total. The first-order valence-electron chi connectivity index (χ1n) is 6.75. The maximum Gasteiger partial charge on any atom is 0.384 e. The molecule has 1 saturated carbocycles. The summed E-state index contributed by atoms with van der Waals surface area (Å²) in [6.07, 6.45) is 2.79. The molecular formula is C15H21IO4. The van der Waals surface area contributed by atoms with Gasteiger partial charge < -0.3 is 9.47 Å². The summed E-state index contributed by atoms with van der Waals surface area (Å²) in [6.45, 7) is 7.41. The van der Waals surface area contributed by atoms with Gasteiger partial charge in [0.05, 0.1) is 6.61 Å². The van der Waals surface area contributed by atoms with E-state index in [9.17, 15) is 9.59 Å². The van der Waals surface area contributed by atoms with Crippen molar-refractivity contribution in [3.8, 4) is 11.8 Å². The van der Waals surface area contributed by atoms with E-state index in [4.69, 9.17) is 9.47 Å². The van der Waals surface area contributed by atoms with E-state index in [0.29, 0.717) is 13.0 Å². The second-order valence-corrected chi connectivity index (χ2v) is 8.22. The van der Waals surface area contributed by atoms with Crippen molar-refractivity contribution in [3.05, 3.63) is 0 Å². The van der Waals surface area contributed by atoms with E-state index in [2.05, 4.69) is 34.4 Å². The zero-order chi connectivity index (χ0) is 15.4. The minimum Gasteiger partial charge on any atom is -0.465 e. The molecule has 0 unspecified atom stereocenters. The fraction of sp³-hybridized carbons (Fsp3) is 0.733. The Bertz CT molecular complexity index is 435. The highest BCUT2D eigenvalue weighted by Gasteiger charge is 2.43. The maximum absolute atomic E-state index is 11.9. The van der Waals surface area contributed by atoms with Crippen molar-refractivity contribution < 1.29 is 19.1 Å². The van der Waals surface area contributed by atoms with Crippen LogP contribution in [0.15, 0.2) is 0 Å². The first-order chi connectivity index (χ1) is 9.15. The van der Waals surface area contributed by atoms with E-state index < -0.39 is 17.5 Å². The molecule has 1 aliphatic carbocycles. The average Bonchev–Trinajstić information content (AvgIpc) is 3.00. The van der Waals surface area contributed by atoms with E-state index >= 15 is 0 Å². The van der Waals surface area contributed by atoms with Gasteiger partial charge >= 0.3 is 11.9 Å². The molecule has 1 aliphatic rings. The Morgan fingerprint density at radius 3 is 2.40 bits per heavy atom.